The van der Waals surface area contributed by atoms with E-state index in [9.17, 15) is 0 Å². The molecule has 0 aromatic heterocycles. The molecule has 0 aromatic carbocycles. The van der Waals surface area contributed by atoms with Gasteiger partial charge >= 0.3 is 19.5 Å². The average Bonchev–Trinajstić information content (AvgIpc) is 2.92. The number of hydrogen-bond donors (Lipinski definition) is 0. The summed E-state index contributed by atoms with van der Waals surface area (Å²) in [5, 5.41) is 0. The molecule has 2 aliphatic rings. The molecule has 0 unspecified atom stereocenters. The van der Waals surface area contributed by atoms with Crippen molar-refractivity contribution in [2.24, 2.45) is 0 Å². The third kappa shape index (κ3) is 5.49. The van der Waals surface area contributed by atoms with Crippen LogP contribution in [0.4, 0.5) is 0 Å². The van der Waals surface area contributed by atoms with Gasteiger partial charge in [0.1, 0.15) is 0 Å². The van der Waals surface area contributed by atoms with Gasteiger partial charge in [-0.1, -0.05) is 12.8 Å². The summed E-state index contributed by atoms with van der Waals surface area (Å²) in [5.41, 5.74) is 2.25. The van der Waals surface area contributed by atoms with Gasteiger partial charge in [0.05, 0.1) is 0 Å². The van der Waals surface area contributed by atoms with Crippen molar-refractivity contribution in [2.45, 2.75) is 12.8 Å². The van der Waals surface area contributed by atoms with Gasteiger partial charge in [-0.2, -0.15) is 60.8 Å². The Balaban J connectivity index is 0.000000245. The number of hydrogen-bond acceptors (Lipinski definition) is 0. The average molecular weight is 283 g/mol. The van der Waals surface area contributed by atoms with E-state index in [1.165, 1.54) is 0 Å². The zero-order chi connectivity index (χ0) is 10.2. The zero-order valence-electron chi connectivity index (χ0n) is 8.65. The molecule has 2 rings (SSSR count). The molecule has 0 saturated carbocycles. The van der Waals surface area contributed by atoms with Crippen LogP contribution in [0.25, 0.3) is 0 Å². The quantitative estimate of drug-likeness (QED) is 0.535. The first kappa shape index (κ1) is 14.1. The Labute approximate surface area is 105 Å². The standard InChI is InChI=1S/2C7H7.Ru/c2*1-2-7-5-3-4-6-7;/h2*2-3,5H,1,4H2;/q2*-1;+2. The van der Waals surface area contributed by atoms with Gasteiger partial charge in [-0.15, -0.1) is 12.2 Å². The minimum Gasteiger partial charge on any atom is -0.198 e. The molecule has 1 heteroatoms. The SMILES string of the molecule is C=CC1=[C-]CC=C1.C=CC1=[C-]CC=C1.[Ru+2]. The van der Waals surface area contributed by atoms with Gasteiger partial charge < -0.3 is 0 Å². The van der Waals surface area contributed by atoms with Crippen molar-refractivity contribution in [3.8, 4) is 0 Å². The Morgan fingerprint density at radius 1 is 0.933 bits per heavy atom. The molecule has 0 N–H and O–H groups in total. The van der Waals surface area contributed by atoms with Gasteiger partial charge in [-0.25, -0.2) is 0 Å². The molecule has 78 valence electrons. The van der Waals surface area contributed by atoms with Crippen LogP contribution in [-0.2, 0) is 19.5 Å². The van der Waals surface area contributed by atoms with E-state index in [4.69, 9.17) is 0 Å². The van der Waals surface area contributed by atoms with Crippen LogP contribution in [0.5, 0.6) is 0 Å². The van der Waals surface area contributed by atoms with Crippen molar-refractivity contribution in [1.82, 2.24) is 0 Å². The first-order chi connectivity index (χ1) is 6.86. The van der Waals surface area contributed by atoms with Gasteiger partial charge in [0, 0.05) is 0 Å². The second-order valence-corrected chi connectivity index (χ2v) is 2.89. The molecule has 0 atom stereocenters. The second-order valence-electron chi connectivity index (χ2n) is 2.89. The molecule has 0 amide bonds. The number of rotatable bonds is 2. The summed E-state index contributed by atoms with van der Waals surface area (Å²) < 4.78 is 0. The molecule has 0 aliphatic heterocycles. The van der Waals surface area contributed by atoms with Gasteiger partial charge in [0.25, 0.3) is 0 Å². The third-order valence-corrected chi connectivity index (χ3v) is 1.88. The fourth-order valence-electron chi connectivity index (χ4n) is 1.12. The summed E-state index contributed by atoms with van der Waals surface area (Å²) in [6, 6.07) is 0. The second kappa shape index (κ2) is 8.38. The van der Waals surface area contributed by atoms with Crippen LogP contribution in [0.1, 0.15) is 12.8 Å². The van der Waals surface area contributed by atoms with E-state index in [0.29, 0.717) is 0 Å². The summed E-state index contributed by atoms with van der Waals surface area (Å²) in [6.07, 6.45) is 19.9. The maximum absolute atomic E-state index is 3.59. The van der Waals surface area contributed by atoms with Crippen LogP contribution in [-0.4, -0.2) is 0 Å². The Hall–Kier alpha value is -0.937. The molecule has 0 bridgehead atoms. The molecule has 15 heavy (non-hydrogen) atoms. The van der Waals surface area contributed by atoms with Crippen LogP contribution in [0.2, 0.25) is 0 Å². The largest absolute Gasteiger partial charge is 2.00 e. The van der Waals surface area contributed by atoms with Crippen LogP contribution in [0, 0.1) is 12.2 Å². The minimum absolute atomic E-state index is 0. The molecule has 0 saturated heterocycles. The Morgan fingerprint density at radius 2 is 1.33 bits per heavy atom. The van der Waals surface area contributed by atoms with E-state index >= 15 is 0 Å². The Kier molecular flexibility index (Phi) is 7.86. The van der Waals surface area contributed by atoms with Crippen LogP contribution >= 0.6 is 0 Å². The molecule has 0 spiro atoms. The predicted octanol–water partition coefficient (Wildman–Crippen LogP) is 3.72. The summed E-state index contributed by atoms with van der Waals surface area (Å²) >= 11 is 0. The normalized spacial score (nSPS) is 15.7. The van der Waals surface area contributed by atoms with E-state index < -0.39 is 0 Å². The van der Waals surface area contributed by atoms with Crippen molar-refractivity contribution in [3.05, 3.63) is 72.9 Å². The molecule has 0 aromatic rings. The maximum Gasteiger partial charge on any atom is 2.00 e. The molecule has 0 fully saturated rings. The first-order valence-electron chi connectivity index (χ1n) is 4.66. The van der Waals surface area contributed by atoms with Crippen LogP contribution in [0.15, 0.2) is 60.8 Å². The Bertz CT molecular complexity index is 293. The molecular formula is C14H14Ru. The topological polar surface area (TPSA) is 0 Å². The van der Waals surface area contributed by atoms with Crippen molar-refractivity contribution >= 4 is 0 Å². The van der Waals surface area contributed by atoms with Crippen LogP contribution < -0.4 is 0 Å². The van der Waals surface area contributed by atoms with E-state index in [1.807, 2.05) is 24.3 Å². The fourth-order valence-corrected chi connectivity index (χ4v) is 1.12. The van der Waals surface area contributed by atoms with Crippen LogP contribution in [0.3, 0.4) is 0 Å². The molecule has 0 nitrogen and oxygen atoms in total. The smallest absolute Gasteiger partial charge is 0.198 e. The molecule has 0 radical (unpaired) electrons. The molecule has 2 aliphatic carbocycles. The van der Waals surface area contributed by atoms with Gasteiger partial charge in [0.15, 0.2) is 0 Å². The van der Waals surface area contributed by atoms with Crippen molar-refractivity contribution < 1.29 is 19.5 Å². The van der Waals surface area contributed by atoms with E-state index in [0.717, 1.165) is 24.0 Å². The summed E-state index contributed by atoms with van der Waals surface area (Å²) in [4.78, 5) is 0. The van der Waals surface area contributed by atoms with E-state index in [2.05, 4.69) is 37.5 Å². The fraction of sp³-hybridized carbons (Fsp3) is 0.143. The van der Waals surface area contributed by atoms with Crippen molar-refractivity contribution in [2.75, 3.05) is 0 Å². The summed E-state index contributed by atoms with van der Waals surface area (Å²) in [6.45, 7) is 7.18. The predicted molar refractivity (Wildman–Crippen MR) is 61.4 cm³/mol. The van der Waals surface area contributed by atoms with E-state index in [-0.39, 0.29) is 19.5 Å². The number of allylic oxidation sites excluding steroid dienone is 10. The summed E-state index contributed by atoms with van der Waals surface area (Å²) in [5.74, 6) is 0. The summed E-state index contributed by atoms with van der Waals surface area (Å²) in [7, 11) is 0. The maximum atomic E-state index is 3.59. The Morgan fingerprint density at radius 3 is 1.47 bits per heavy atom. The first-order valence-corrected chi connectivity index (χ1v) is 4.66. The van der Waals surface area contributed by atoms with Gasteiger partial charge in [-0.3, -0.25) is 0 Å². The van der Waals surface area contributed by atoms with Crippen molar-refractivity contribution in [1.29, 1.82) is 0 Å². The van der Waals surface area contributed by atoms with Gasteiger partial charge in [-0.05, 0) is 0 Å². The third-order valence-electron chi connectivity index (χ3n) is 1.88. The molecular weight excluding hydrogens is 269 g/mol. The van der Waals surface area contributed by atoms with E-state index in [1.54, 1.807) is 0 Å². The van der Waals surface area contributed by atoms with Gasteiger partial charge in [0.2, 0.25) is 0 Å². The monoisotopic (exact) mass is 284 g/mol. The van der Waals surface area contributed by atoms with Crippen molar-refractivity contribution in [3.63, 3.8) is 0 Å². The minimum atomic E-state index is 0. The molecule has 0 heterocycles. The zero-order valence-corrected chi connectivity index (χ0v) is 10.4.